The zero-order valence-corrected chi connectivity index (χ0v) is 18.4. The Labute approximate surface area is 195 Å². The van der Waals surface area contributed by atoms with Crippen LogP contribution in [0.5, 0.6) is 5.75 Å². The number of ether oxygens (including phenoxy) is 1. The summed E-state index contributed by atoms with van der Waals surface area (Å²) in [6.45, 7) is 1.70. The summed E-state index contributed by atoms with van der Waals surface area (Å²) in [5.74, 6) is -1.76. The topological polar surface area (TPSA) is 109 Å². The van der Waals surface area contributed by atoms with Crippen LogP contribution in [0, 0.1) is 6.92 Å². The van der Waals surface area contributed by atoms with Gasteiger partial charge in [-0.05, 0) is 55.0 Å². The summed E-state index contributed by atoms with van der Waals surface area (Å²) in [7, 11) is 0. The molecule has 33 heavy (non-hydrogen) atoms. The van der Waals surface area contributed by atoms with Crippen LogP contribution in [0.3, 0.4) is 0 Å². The van der Waals surface area contributed by atoms with Crippen LogP contribution in [-0.4, -0.2) is 30.5 Å². The number of nitrogens with zero attached hydrogens (tertiary/aromatic N) is 1. The van der Waals surface area contributed by atoms with E-state index in [9.17, 15) is 14.4 Å². The van der Waals surface area contributed by atoms with E-state index in [4.69, 9.17) is 16.3 Å². The van der Waals surface area contributed by atoms with Gasteiger partial charge in [-0.2, -0.15) is 5.10 Å². The van der Waals surface area contributed by atoms with Gasteiger partial charge in [0.2, 0.25) is 0 Å². The third-order valence-corrected chi connectivity index (χ3v) is 4.56. The summed E-state index contributed by atoms with van der Waals surface area (Å²) >= 11 is 6.20. The summed E-state index contributed by atoms with van der Waals surface area (Å²) in [6.07, 6.45) is 1.33. The molecular formula is C24H21ClN4O4. The van der Waals surface area contributed by atoms with Crippen molar-refractivity contribution in [2.24, 2.45) is 5.10 Å². The van der Waals surface area contributed by atoms with Crippen molar-refractivity contribution >= 4 is 46.9 Å². The summed E-state index contributed by atoms with van der Waals surface area (Å²) in [6, 6.07) is 20.8. The fraction of sp³-hybridized carbons (Fsp3) is 0.0833. The van der Waals surface area contributed by atoms with E-state index in [-0.39, 0.29) is 17.5 Å². The number of benzene rings is 3. The average Bonchev–Trinajstić information content (AvgIpc) is 2.80. The van der Waals surface area contributed by atoms with Crippen molar-refractivity contribution in [1.82, 2.24) is 5.43 Å². The highest BCUT2D eigenvalue weighted by Crippen LogP contribution is 2.25. The second-order valence-electron chi connectivity index (χ2n) is 6.91. The Hall–Kier alpha value is -4.17. The zero-order chi connectivity index (χ0) is 23.6. The normalized spacial score (nSPS) is 10.5. The van der Waals surface area contributed by atoms with Gasteiger partial charge in [0.15, 0.2) is 6.61 Å². The smallest absolute Gasteiger partial charge is 0.329 e. The molecule has 3 aromatic carbocycles. The van der Waals surface area contributed by atoms with Gasteiger partial charge in [0.05, 0.1) is 11.2 Å². The summed E-state index contributed by atoms with van der Waals surface area (Å²) in [5.41, 5.74) is 4.91. The maximum atomic E-state index is 12.0. The Bertz CT molecular complexity index is 1160. The molecule has 0 bridgehead atoms. The molecule has 0 unspecified atom stereocenters. The number of rotatable bonds is 7. The molecule has 0 aromatic heterocycles. The average molecular weight is 465 g/mol. The van der Waals surface area contributed by atoms with Gasteiger partial charge in [0, 0.05) is 11.4 Å². The maximum Gasteiger partial charge on any atom is 0.329 e. The third-order valence-electron chi connectivity index (χ3n) is 4.27. The van der Waals surface area contributed by atoms with Crippen LogP contribution in [0.15, 0.2) is 77.9 Å². The largest absolute Gasteiger partial charge is 0.482 e. The second kappa shape index (κ2) is 11.4. The van der Waals surface area contributed by atoms with Gasteiger partial charge in [-0.25, -0.2) is 5.43 Å². The van der Waals surface area contributed by atoms with Crippen molar-refractivity contribution in [1.29, 1.82) is 0 Å². The molecule has 8 nitrogen and oxygen atoms in total. The molecule has 3 amide bonds. The van der Waals surface area contributed by atoms with Crippen molar-refractivity contribution in [2.45, 2.75) is 6.92 Å². The number of para-hydroxylation sites is 1. The summed E-state index contributed by atoms with van der Waals surface area (Å²) < 4.78 is 5.45. The Morgan fingerprint density at radius 3 is 2.30 bits per heavy atom. The number of nitrogens with one attached hydrogen (secondary N) is 3. The predicted octanol–water partition coefficient (Wildman–Crippen LogP) is 3.75. The lowest BCUT2D eigenvalue weighted by Gasteiger charge is -2.09. The third kappa shape index (κ3) is 7.48. The molecule has 0 aliphatic heterocycles. The van der Waals surface area contributed by atoms with Crippen LogP contribution in [0.1, 0.15) is 11.1 Å². The lowest BCUT2D eigenvalue weighted by atomic mass is 10.2. The molecule has 0 heterocycles. The molecule has 0 fully saturated rings. The number of hydrazone groups is 1. The first-order valence-electron chi connectivity index (χ1n) is 9.89. The molecular weight excluding hydrogens is 444 g/mol. The van der Waals surface area contributed by atoms with Gasteiger partial charge in [0.1, 0.15) is 5.75 Å². The number of carbonyl (C=O) groups excluding carboxylic acids is 3. The van der Waals surface area contributed by atoms with Crippen molar-refractivity contribution in [3.8, 4) is 5.75 Å². The molecule has 0 aliphatic rings. The van der Waals surface area contributed by atoms with Crippen LogP contribution >= 0.6 is 11.6 Å². The standard InChI is InChI=1S/C24H21ClN4O4/c1-16-7-10-19(11-8-16)28-23(31)24(32)29-26-14-17-9-12-21(20(25)13-17)33-15-22(30)27-18-5-3-2-4-6-18/h2-14H,15H2,1H3,(H,27,30)(H,28,31)(H,29,32)/b26-14-. The Morgan fingerprint density at radius 2 is 1.61 bits per heavy atom. The lowest BCUT2D eigenvalue weighted by molar-refractivity contribution is -0.136. The summed E-state index contributed by atoms with van der Waals surface area (Å²) in [4.78, 5) is 35.8. The molecule has 168 valence electrons. The fourth-order valence-electron chi connectivity index (χ4n) is 2.62. The van der Waals surface area contributed by atoms with Gasteiger partial charge in [0.25, 0.3) is 5.91 Å². The maximum absolute atomic E-state index is 12.0. The molecule has 0 saturated carbocycles. The monoisotopic (exact) mass is 464 g/mol. The van der Waals surface area contributed by atoms with Gasteiger partial charge in [-0.3, -0.25) is 14.4 Å². The first kappa shape index (κ1) is 23.5. The molecule has 0 atom stereocenters. The van der Waals surface area contributed by atoms with Gasteiger partial charge in [-0.15, -0.1) is 0 Å². The van der Waals surface area contributed by atoms with Crippen LogP contribution in [0.4, 0.5) is 11.4 Å². The molecule has 3 N–H and O–H groups in total. The number of hydrogen-bond acceptors (Lipinski definition) is 5. The molecule has 3 rings (SSSR count). The molecule has 9 heteroatoms. The van der Waals surface area contributed by atoms with E-state index in [0.717, 1.165) is 5.56 Å². The first-order chi connectivity index (χ1) is 15.9. The Morgan fingerprint density at radius 1 is 0.909 bits per heavy atom. The SMILES string of the molecule is Cc1ccc(NC(=O)C(=O)N/N=C\c2ccc(OCC(=O)Nc3ccccc3)c(Cl)c2)cc1. The second-order valence-corrected chi connectivity index (χ2v) is 7.32. The van der Waals surface area contributed by atoms with E-state index in [1.165, 1.54) is 6.21 Å². The first-order valence-corrected chi connectivity index (χ1v) is 10.3. The Balaban J connectivity index is 1.47. The highest BCUT2D eigenvalue weighted by atomic mass is 35.5. The van der Waals surface area contributed by atoms with Crippen molar-refractivity contribution in [2.75, 3.05) is 17.2 Å². The number of hydrogen-bond donors (Lipinski definition) is 3. The zero-order valence-electron chi connectivity index (χ0n) is 17.7. The van der Waals surface area contributed by atoms with Crippen LogP contribution in [0.2, 0.25) is 5.02 Å². The van der Waals surface area contributed by atoms with E-state index in [1.54, 1.807) is 42.5 Å². The van der Waals surface area contributed by atoms with Crippen molar-refractivity contribution in [3.63, 3.8) is 0 Å². The number of amides is 3. The van der Waals surface area contributed by atoms with E-state index in [0.29, 0.717) is 22.7 Å². The number of halogens is 1. The van der Waals surface area contributed by atoms with E-state index >= 15 is 0 Å². The number of carbonyl (C=O) groups is 3. The number of aryl methyl sites for hydroxylation is 1. The minimum atomic E-state index is -0.915. The fourth-order valence-corrected chi connectivity index (χ4v) is 2.86. The minimum Gasteiger partial charge on any atom is -0.482 e. The minimum absolute atomic E-state index is 0.214. The van der Waals surface area contributed by atoms with E-state index in [2.05, 4.69) is 21.2 Å². The highest BCUT2D eigenvalue weighted by Gasteiger charge is 2.12. The van der Waals surface area contributed by atoms with Crippen molar-refractivity contribution in [3.05, 3.63) is 88.9 Å². The van der Waals surface area contributed by atoms with Crippen LogP contribution in [-0.2, 0) is 14.4 Å². The van der Waals surface area contributed by atoms with Crippen LogP contribution < -0.4 is 20.8 Å². The summed E-state index contributed by atoms with van der Waals surface area (Å²) in [5, 5.41) is 9.20. The molecule has 0 saturated heterocycles. The molecule has 3 aromatic rings. The van der Waals surface area contributed by atoms with Crippen LogP contribution in [0.25, 0.3) is 0 Å². The van der Waals surface area contributed by atoms with Crippen molar-refractivity contribution < 1.29 is 19.1 Å². The number of anilines is 2. The molecule has 0 radical (unpaired) electrons. The van der Waals surface area contributed by atoms with E-state index in [1.807, 2.05) is 37.3 Å². The lowest BCUT2D eigenvalue weighted by Crippen LogP contribution is -2.32. The molecule has 0 spiro atoms. The molecule has 0 aliphatic carbocycles. The predicted molar refractivity (Wildman–Crippen MR) is 128 cm³/mol. The quantitative estimate of drug-likeness (QED) is 0.281. The van der Waals surface area contributed by atoms with E-state index < -0.39 is 11.8 Å². The Kier molecular flexibility index (Phi) is 8.15. The van der Waals surface area contributed by atoms with Gasteiger partial charge < -0.3 is 15.4 Å². The highest BCUT2D eigenvalue weighted by molar-refractivity contribution is 6.39. The van der Waals surface area contributed by atoms with Gasteiger partial charge in [-0.1, -0.05) is 47.5 Å². The van der Waals surface area contributed by atoms with Gasteiger partial charge >= 0.3 is 11.8 Å².